The van der Waals surface area contributed by atoms with Gasteiger partial charge in [0.1, 0.15) is 0 Å². The Labute approximate surface area is 174 Å². The van der Waals surface area contributed by atoms with Crippen molar-refractivity contribution in [3.8, 4) is 0 Å². The van der Waals surface area contributed by atoms with Gasteiger partial charge in [0.25, 0.3) is 5.91 Å². The smallest absolute Gasteiger partial charge is 0.308 e. The number of ether oxygens (including phenoxy) is 1. The van der Waals surface area contributed by atoms with Crippen LogP contribution in [0.15, 0.2) is 24.3 Å². The molecule has 1 aliphatic carbocycles. The van der Waals surface area contributed by atoms with E-state index in [1.807, 2.05) is 12.1 Å². The van der Waals surface area contributed by atoms with E-state index in [1.165, 1.54) is 31.9 Å². The second-order valence-corrected chi connectivity index (χ2v) is 7.97. The molecule has 28 heavy (non-hydrogen) atoms. The van der Waals surface area contributed by atoms with Gasteiger partial charge in [-0.2, -0.15) is 0 Å². The summed E-state index contributed by atoms with van der Waals surface area (Å²) in [5.74, 6) is 0.679. The summed E-state index contributed by atoms with van der Waals surface area (Å²) < 4.78 is 4.82. The normalized spacial score (nSPS) is 22.8. The lowest BCUT2D eigenvalue weighted by molar-refractivity contribution is -0.146. The Bertz CT molecular complexity index is 621. The molecule has 1 heterocycles. The van der Waals surface area contributed by atoms with Gasteiger partial charge in [-0.05, 0) is 88.1 Å². The highest BCUT2D eigenvalue weighted by atomic mass is 35.5. The number of hydrogen-bond donors (Lipinski definition) is 2. The minimum Gasteiger partial charge on any atom is -0.469 e. The Morgan fingerprint density at radius 2 is 1.68 bits per heavy atom. The van der Waals surface area contributed by atoms with Crippen LogP contribution >= 0.6 is 12.4 Å². The van der Waals surface area contributed by atoms with Crippen molar-refractivity contribution in [3.05, 3.63) is 35.4 Å². The summed E-state index contributed by atoms with van der Waals surface area (Å²) in [6.07, 6.45) is 8.11. The zero-order valence-electron chi connectivity index (χ0n) is 16.7. The van der Waals surface area contributed by atoms with Crippen molar-refractivity contribution < 1.29 is 14.3 Å². The first kappa shape index (κ1) is 22.7. The van der Waals surface area contributed by atoms with Crippen molar-refractivity contribution in [2.24, 2.45) is 11.8 Å². The molecule has 0 radical (unpaired) electrons. The minimum atomic E-state index is -0.125. The third-order valence-corrected chi connectivity index (χ3v) is 6.11. The molecule has 3 rings (SSSR count). The quantitative estimate of drug-likeness (QED) is 0.707. The molecule has 0 atom stereocenters. The van der Waals surface area contributed by atoms with E-state index in [2.05, 4.69) is 22.8 Å². The maximum Gasteiger partial charge on any atom is 0.308 e. The highest BCUT2D eigenvalue weighted by Gasteiger charge is 2.27. The predicted molar refractivity (Wildman–Crippen MR) is 113 cm³/mol. The van der Waals surface area contributed by atoms with Crippen LogP contribution < -0.4 is 10.6 Å². The fraction of sp³-hybridized carbons (Fsp3) is 0.636. The van der Waals surface area contributed by atoms with Crippen LogP contribution in [-0.4, -0.2) is 38.1 Å². The van der Waals surface area contributed by atoms with Crippen molar-refractivity contribution in [2.75, 3.05) is 20.2 Å². The Kier molecular flexibility index (Phi) is 9.26. The molecule has 156 valence electrons. The number of carbonyl (C=O) groups excluding carboxylic acids is 2. The fourth-order valence-electron chi connectivity index (χ4n) is 4.27. The van der Waals surface area contributed by atoms with E-state index in [0.29, 0.717) is 0 Å². The third-order valence-electron chi connectivity index (χ3n) is 6.11. The molecule has 0 aromatic heterocycles. The number of amides is 1. The average Bonchev–Trinajstić information content (AvgIpc) is 2.73. The van der Waals surface area contributed by atoms with Gasteiger partial charge in [-0.25, -0.2) is 0 Å². The lowest BCUT2D eigenvalue weighted by Crippen LogP contribution is -2.38. The van der Waals surface area contributed by atoms with Gasteiger partial charge in [0.2, 0.25) is 0 Å². The number of hydrogen-bond acceptors (Lipinski definition) is 4. The van der Waals surface area contributed by atoms with Gasteiger partial charge in [-0.15, -0.1) is 12.4 Å². The number of carbonyl (C=O) groups is 2. The molecular formula is C22H33ClN2O3. The van der Waals surface area contributed by atoms with Crippen molar-refractivity contribution in [1.82, 2.24) is 10.6 Å². The van der Waals surface area contributed by atoms with E-state index in [4.69, 9.17) is 4.74 Å². The molecule has 0 unspecified atom stereocenters. The van der Waals surface area contributed by atoms with Crippen LogP contribution in [0.25, 0.3) is 0 Å². The Morgan fingerprint density at radius 3 is 2.29 bits per heavy atom. The number of esters is 1. The molecule has 0 spiro atoms. The molecule has 1 saturated carbocycles. The van der Waals surface area contributed by atoms with Crippen molar-refractivity contribution in [1.29, 1.82) is 0 Å². The van der Waals surface area contributed by atoms with Gasteiger partial charge in [-0.3, -0.25) is 9.59 Å². The van der Waals surface area contributed by atoms with E-state index < -0.39 is 0 Å². The molecule has 2 N–H and O–H groups in total. The molecule has 5 nitrogen and oxygen atoms in total. The third kappa shape index (κ3) is 6.49. The molecule has 1 aromatic carbocycles. The zero-order valence-corrected chi connectivity index (χ0v) is 17.6. The summed E-state index contributed by atoms with van der Waals surface area (Å²) in [7, 11) is 1.44. The maximum absolute atomic E-state index is 12.5. The number of piperidine rings is 1. The molecule has 1 aliphatic heterocycles. The summed E-state index contributed by atoms with van der Waals surface area (Å²) >= 11 is 0. The fourth-order valence-corrected chi connectivity index (χ4v) is 4.27. The molecule has 2 aliphatic rings. The van der Waals surface area contributed by atoms with Gasteiger partial charge in [-0.1, -0.05) is 12.1 Å². The molecule has 1 amide bonds. The molecule has 1 saturated heterocycles. The summed E-state index contributed by atoms with van der Waals surface area (Å²) in [5.41, 5.74) is 2.03. The number of benzene rings is 1. The van der Waals surface area contributed by atoms with Crippen molar-refractivity contribution in [3.63, 3.8) is 0 Å². The summed E-state index contributed by atoms with van der Waals surface area (Å²) in [6.45, 7) is 2.29. The topological polar surface area (TPSA) is 67.4 Å². The van der Waals surface area contributed by atoms with E-state index in [-0.39, 0.29) is 36.2 Å². The highest BCUT2D eigenvalue weighted by molar-refractivity contribution is 5.94. The van der Waals surface area contributed by atoms with Crippen LogP contribution in [0.3, 0.4) is 0 Å². The maximum atomic E-state index is 12.5. The molecule has 2 fully saturated rings. The molecule has 0 bridgehead atoms. The van der Waals surface area contributed by atoms with Crippen LogP contribution in [0, 0.1) is 11.8 Å². The Balaban J connectivity index is 0.00000280. The average molecular weight is 409 g/mol. The van der Waals surface area contributed by atoms with Crippen LogP contribution in [0.2, 0.25) is 0 Å². The second-order valence-electron chi connectivity index (χ2n) is 7.97. The summed E-state index contributed by atoms with van der Waals surface area (Å²) in [6, 6.07) is 8.20. The first-order valence-corrected chi connectivity index (χ1v) is 10.3. The monoisotopic (exact) mass is 408 g/mol. The minimum absolute atomic E-state index is 0. The molecule has 1 aromatic rings. The van der Waals surface area contributed by atoms with Gasteiger partial charge in [0.15, 0.2) is 0 Å². The number of rotatable bonds is 6. The van der Waals surface area contributed by atoms with E-state index >= 15 is 0 Å². The second kappa shape index (κ2) is 11.4. The highest BCUT2D eigenvalue weighted by Crippen LogP contribution is 2.25. The summed E-state index contributed by atoms with van der Waals surface area (Å²) in [4.78, 5) is 24.1. The van der Waals surface area contributed by atoms with E-state index in [1.54, 1.807) is 0 Å². The molecule has 6 heteroatoms. The number of aryl methyl sites for hydroxylation is 1. The standard InChI is InChI=1S/C22H32N2O3.ClH/c1-27-22(26)19-8-10-20(11-9-19)24-21(25)18-6-4-16(5-7-18)2-3-17-12-14-23-15-13-17;/h4-7,17,19-20,23H,2-3,8-15H2,1H3,(H,24,25);1H. The Morgan fingerprint density at radius 1 is 1.04 bits per heavy atom. The van der Waals surface area contributed by atoms with Crippen LogP contribution in [-0.2, 0) is 16.0 Å². The SMILES string of the molecule is COC(=O)C1CCC(NC(=O)c2ccc(CCC3CCNCC3)cc2)CC1.Cl. The van der Waals surface area contributed by atoms with Crippen molar-refractivity contribution >= 4 is 24.3 Å². The predicted octanol–water partition coefficient (Wildman–Crippen LogP) is 3.50. The Hall–Kier alpha value is -1.59. The summed E-state index contributed by atoms with van der Waals surface area (Å²) in [5, 5.41) is 6.53. The van der Waals surface area contributed by atoms with Crippen molar-refractivity contribution in [2.45, 2.75) is 57.4 Å². The number of nitrogens with one attached hydrogen (secondary N) is 2. The van der Waals surface area contributed by atoms with Gasteiger partial charge >= 0.3 is 5.97 Å². The lowest BCUT2D eigenvalue weighted by Gasteiger charge is -2.27. The van der Waals surface area contributed by atoms with E-state index in [9.17, 15) is 9.59 Å². The molecular weight excluding hydrogens is 376 g/mol. The van der Waals surface area contributed by atoms with Gasteiger partial charge in [0, 0.05) is 11.6 Å². The van der Waals surface area contributed by atoms with Crippen LogP contribution in [0.4, 0.5) is 0 Å². The van der Waals surface area contributed by atoms with Gasteiger partial charge < -0.3 is 15.4 Å². The van der Waals surface area contributed by atoms with Gasteiger partial charge in [0.05, 0.1) is 13.0 Å². The van der Waals surface area contributed by atoms with Crippen LogP contribution in [0.5, 0.6) is 0 Å². The largest absolute Gasteiger partial charge is 0.469 e. The zero-order chi connectivity index (χ0) is 19.1. The number of methoxy groups -OCH3 is 1. The first-order valence-electron chi connectivity index (χ1n) is 10.3. The lowest BCUT2D eigenvalue weighted by atomic mass is 9.86. The van der Waals surface area contributed by atoms with E-state index in [0.717, 1.165) is 56.7 Å². The first-order chi connectivity index (χ1) is 13.2. The van der Waals surface area contributed by atoms with Crippen LogP contribution in [0.1, 0.15) is 60.9 Å². The number of halogens is 1.